The molecule has 1 aliphatic carbocycles. The summed E-state index contributed by atoms with van der Waals surface area (Å²) in [6.07, 6.45) is 3.84. The molecule has 1 aromatic rings. The molecule has 2 heterocycles. The number of hydrogen-bond acceptors (Lipinski definition) is 4. The third-order valence-corrected chi connectivity index (χ3v) is 5.24. The first kappa shape index (κ1) is 18.4. The SMILES string of the molecule is CC(C)C1CN(C(=O)Cc2c[nH]c(=O)[nH]c2=O)CCC(=O)N1CC1CC1. The molecule has 0 bridgehead atoms. The van der Waals surface area contributed by atoms with Gasteiger partial charge in [0.1, 0.15) is 0 Å². The minimum atomic E-state index is -0.595. The van der Waals surface area contributed by atoms with Crippen LogP contribution in [0.15, 0.2) is 15.8 Å². The zero-order valence-corrected chi connectivity index (χ0v) is 15.3. The normalized spacial score (nSPS) is 21.2. The van der Waals surface area contributed by atoms with E-state index in [1.807, 2.05) is 4.90 Å². The number of nitrogens with one attached hydrogen (secondary N) is 2. The van der Waals surface area contributed by atoms with E-state index in [2.05, 4.69) is 23.8 Å². The van der Waals surface area contributed by atoms with Crippen LogP contribution < -0.4 is 11.2 Å². The van der Waals surface area contributed by atoms with E-state index in [-0.39, 0.29) is 35.8 Å². The van der Waals surface area contributed by atoms with Crippen molar-refractivity contribution < 1.29 is 9.59 Å². The fourth-order valence-corrected chi connectivity index (χ4v) is 3.43. The third-order valence-electron chi connectivity index (χ3n) is 5.24. The van der Waals surface area contributed by atoms with Crippen molar-refractivity contribution in [2.24, 2.45) is 11.8 Å². The van der Waals surface area contributed by atoms with E-state index in [1.165, 1.54) is 19.0 Å². The molecule has 1 saturated carbocycles. The van der Waals surface area contributed by atoms with Crippen molar-refractivity contribution in [3.63, 3.8) is 0 Å². The van der Waals surface area contributed by atoms with Crippen molar-refractivity contribution in [3.8, 4) is 0 Å². The van der Waals surface area contributed by atoms with E-state index in [9.17, 15) is 19.2 Å². The highest BCUT2D eigenvalue weighted by molar-refractivity contribution is 5.81. The molecule has 0 radical (unpaired) electrons. The largest absolute Gasteiger partial charge is 0.340 e. The average molecular weight is 362 g/mol. The Bertz CT molecular complexity index is 793. The molecule has 2 aliphatic rings. The van der Waals surface area contributed by atoms with Crippen molar-refractivity contribution in [2.45, 2.75) is 45.6 Å². The minimum absolute atomic E-state index is 0.0107. The van der Waals surface area contributed by atoms with Crippen LogP contribution in [0.3, 0.4) is 0 Å². The number of carbonyl (C=O) groups excluding carboxylic acids is 2. The molecule has 1 aliphatic heterocycles. The number of nitrogens with zero attached hydrogens (tertiary/aromatic N) is 2. The highest BCUT2D eigenvalue weighted by Gasteiger charge is 2.36. The molecular formula is C18H26N4O4. The van der Waals surface area contributed by atoms with E-state index in [0.29, 0.717) is 25.4 Å². The van der Waals surface area contributed by atoms with Crippen molar-refractivity contribution in [3.05, 3.63) is 32.6 Å². The van der Waals surface area contributed by atoms with Gasteiger partial charge in [0.05, 0.1) is 12.5 Å². The molecule has 142 valence electrons. The van der Waals surface area contributed by atoms with Crippen LogP contribution in [0.1, 0.15) is 38.7 Å². The Morgan fingerprint density at radius 3 is 2.62 bits per heavy atom. The summed E-state index contributed by atoms with van der Waals surface area (Å²) in [6.45, 7) is 5.76. The van der Waals surface area contributed by atoms with E-state index in [4.69, 9.17) is 0 Å². The number of aromatic amines is 2. The number of hydrogen-bond donors (Lipinski definition) is 2. The highest BCUT2D eigenvalue weighted by Crippen LogP contribution is 2.32. The van der Waals surface area contributed by atoms with Crippen LogP contribution >= 0.6 is 0 Å². The van der Waals surface area contributed by atoms with Crippen LogP contribution in [-0.4, -0.2) is 57.3 Å². The zero-order valence-electron chi connectivity index (χ0n) is 15.3. The van der Waals surface area contributed by atoms with Gasteiger partial charge in [-0.2, -0.15) is 0 Å². The van der Waals surface area contributed by atoms with Crippen LogP contribution in [0.25, 0.3) is 0 Å². The van der Waals surface area contributed by atoms with Gasteiger partial charge in [0.15, 0.2) is 0 Å². The third kappa shape index (κ3) is 4.23. The summed E-state index contributed by atoms with van der Waals surface area (Å²) in [5.74, 6) is 0.742. The Morgan fingerprint density at radius 2 is 2.00 bits per heavy atom. The number of amides is 2. The molecule has 2 fully saturated rings. The second kappa shape index (κ2) is 7.47. The lowest BCUT2D eigenvalue weighted by molar-refractivity contribution is -0.134. The van der Waals surface area contributed by atoms with Gasteiger partial charge < -0.3 is 14.8 Å². The number of carbonyl (C=O) groups is 2. The number of aromatic nitrogens is 2. The van der Waals surface area contributed by atoms with E-state index in [0.717, 1.165) is 6.54 Å². The fraction of sp³-hybridized carbons (Fsp3) is 0.667. The maximum atomic E-state index is 12.7. The van der Waals surface area contributed by atoms with Gasteiger partial charge in [0.25, 0.3) is 5.56 Å². The molecule has 8 heteroatoms. The first-order valence-corrected chi connectivity index (χ1v) is 9.23. The second-order valence-corrected chi connectivity index (χ2v) is 7.66. The summed E-state index contributed by atoms with van der Waals surface area (Å²) < 4.78 is 0. The van der Waals surface area contributed by atoms with Crippen molar-refractivity contribution in [2.75, 3.05) is 19.6 Å². The van der Waals surface area contributed by atoms with Crippen LogP contribution in [-0.2, 0) is 16.0 Å². The predicted octanol–water partition coefficient (Wildman–Crippen LogP) is 0.101. The molecule has 26 heavy (non-hydrogen) atoms. The molecular weight excluding hydrogens is 336 g/mol. The van der Waals surface area contributed by atoms with Gasteiger partial charge in [-0.05, 0) is 24.7 Å². The summed E-state index contributed by atoms with van der Waals surface area (Å²) in [5.41, 5.74) is -0.924. The molecule has 3 rings (SSSR count). The van der Waals surface area contributed by atoms with E-state index >= 15 is 0 Å². The lowest BCUT2D eigenvalue weighted by atomic mass is 10.0. The Morgan fingerprint density at radius 1 is 1.27 bits per heavy atom. The van der Waals surface area contributed by atoms with Crippen LogP contribution in [0, 0.1) is 11.8 Å². The highest BCUT2D eigenvalue weighted by atomic mass is 16.2. The smallest absolute Gasteiger partial charge is 0.325 e. The Labute approximate surface area is 151 Å². The van der Waals surface area contributed by atoms with Gasteiger partial charge in [-0.15, -0.1) is 0 Å². The molecule has 0 spiro atoms. The van der Waals surface area contributed by atoms with Crippen molar-refractivity contribution in [1.82, 2.24) is 19.8 Å². The standard InChI is InChI=1S/C18H26N4O4/c1-11(2)14-10-21(6-5-15(23)22(14)9-12-3-4-12)16(24)7-13-8-19-18(26)20-17(13)25/h8,11-12,14H,3-7,9-10H2,1-2H3,(H2,19,20,25,26). The maximum Gasteiger partial charge on any atom is 0.325 e. The molecule has 1 aromatic heterocycles. The summed E-state index contributed by atoms with van der Waals surface area (Å²) in [5, 5.41) is 0. The Balaban J connectivity index is 1.74. The molecule has 2 N–H and O–H groups in total. The van der Waals surface area contributed by atoms with Crippen molar-refractivity contribution >= 4 is 11.8 Å². The first-order chi connectivity index (χ1) is 12.3. The summed E-state index contributed by atoms with van der Waals surface area (Å²) in [6, 6.07) is -0.0107. The Hall–Kier alpha value is -2.38. The molecule has 2 amide bonds. The quantitative estimate of drug-likeness (QED) is 0.775. The lowest BCUT2D eigenvalue weighted by Gasteiger charge is -2.34. The topological polar surface area (TPSA) is 106 Å². The summed E-state index contributed by atoms with van der Waals surface area (Å²) in [7, 11) is 0. The molecule has 1 atom stereocenters. The van der Waals surface area contributed by atoms with Gasteiger partial charge in [-0.3, -0.25) is 19.4 Å². The first-order valence-electron chi connectivity index (χ1n) is 9.23. The summed E-state index contributed by atoms with van der Waals surface area (Å²) in [4.78, 5) is 56.4. The molecule has 1 unspecified atom stereocenters. The molecule has 8 nitrogen and oxygen atoms in total. The van der Waals surface area contributed by atoms with E-state index < -0.39 is 11.2 Å². The van der Waals surface area contributed by atoms with E-state index in [1.54, 1.807) is 4.90 Å². The fourth-order valence-electron chi connectivity index (χ4n) is 3.43. The average Bonchev–Trinajstić information content (AvgIpc) is 3.40. The van der Waals surface area contributed by atoms with Gasteiger partial charge >= 0.3 is 5.69 Å². The second-order valence-electron chi connectivity index (χ2n) is 7.66. The predicted molar refractivity (Wildman–Crippen MR) is 95.6 cm³/mol. The van der Waals surface area contributed by atoms with Crippen LogP contribution in [0.4, 0.5) is 0 Å². The maximum absolute atomic E-state index is 12.7. The number of rotatable bonds is 5. The van der Waals surface area contributed by atoms with Gasteiger partial charge in [-0.1, -0.05) is 13.8 Å². The van der Waals surface area contributed by atoms with Gasteiger partial charge in [0, 0.05) is 37.8 Å². The summed E-state index contributed by atoms with van der Waals surface area (Å²) >= 11 is 0. The minimum Gasteiger partial charge on any atom is -0.340 e. The van der Waals surface area contributed by atoms with Crippen LogP contribution in [0.5, 0.6) is 0 Å². The lowest BCUT2D eigenvalue weighted by Crippen LogP contribution is -2.48. The molecule has 0 aromatic carbocycles. The van der Waals surface area contributed by atoms with Crippen molar-refractivity contribution in [1.29, 1.82) is 0 Å². The van der Waals surface area contributed by atoms with Gasteiger partial charge in [0.2, 0.25) is 11.8 Å². The van der Waals surface area contributed by atoms with Crippen LogP contribution in [0.2, 0.25) is 0 Å². The monoisotopic (exact) mass is 362 g/mol. The zero-order chi connectivity index (χ0) is 18.8. The van der Waals surface area contributed by atoms with Gasteiger partial charge in [-0.25, -0.2) is 4.79 Å². The molecule has 1 saturated heterocycles. The Kier molecular flexibility index (Phi) is 5.29. The number of H-pyrrole nitrogens is 2.